The van der Waals surface area contributed by atoms with E-state index in [0.29, 0.717) is 0 Å². The van der Waals surface area contributed by atoms with Gasteiger partial charge >= 0.3 is 0 Å². The zero-order valence-corrected chi connectivity index (χ0v) is 12.2. The molecule has 0 saturated carbocycles. The Kier molecular flexibility index (Phi) is 4.01. The van der Waals surface area contributed by atoms with Crippen molar-refractivity contribution < 1.29 is 0 Å². The van der Waals surface area contributed by atoms with E-state index in [1.165, 1.54) is 59.9 Å². The van der Waals surface area contributed by atoms with E-state index in [1.54, 1.807) is 0 Å². The van der Waals surface area contributed by atoms with Crippen LogP contribution >= 0.6 is 0 Å². The van der Waals surface area contributed by atoms with E-state index in [1.807, 2.05) is 0 Å². The zero-order valence-electron chi connectivity index (χ0n) is 12.2. The molecular formula is C20H22. The summed E-state index contributed by atoms with van der Waals surface area (Å²) in [5.41, 5.74) is 6.99. The van der Waals surface area contributed by atoms with Gasteiger partial charge in [0, 0.05) is 0 Å². The molecule has 0 amide bonds. The van der Waals surface area contributed by atoms with Gasteiger partial charge in [0.2, 0.25) is 0 Å². The molecule has 0 atom stereocenters. The lowest BCUT2D eigenvalue weighted by atomic mass is 9.99. The second-order valence-corrected chi connectivity index (χ2v) is 5.65. The molecule has 102 valence electrons. The van der Waals surface area contributed by atoms with Crippen LogP contribution in [0.25, 0.3) is 16.7 Å². The van der Waals surface area contributed by atoms with Crippen LogP contribution in [0.1, 0.15) is 43.7 Å². The molecule has 0 spiro atoms. The van der Waals surface area contributed by atoms with E-state index in [0.717, 1.165) is 0 Å². The van der Waals surface area contributed by atoms with E-state index < -0.39 is 0 Å². The van der Waals surface area contributed by atoms with Gasteiger partial charge in [-0.25, -0.2) is 0 Å². The third kappa shape index (κ3) is 2.85. The summed E-state index contributed by atoms with van der Waals surface area (Å²) < 4.78 is 0. The van der Waals surface area contributed by atoms with Crippen LogP contribution in [-0.4, -0.2) is 0 Å². The molecule has 0 unspecified atom stereocenters. The molecule has 0 nitrogen and oxygen atoms in total. The van der Waals surface area contributed by atoms with Crippen LogP contribution in [0, 0.1) is 0 Å². The first-order valence-electron chi connectivity index (χ1n) is 7.75. The fraction of sp³-hybridized carbons (Fsp3) is 0.300. The highest BCUT2D eigenvalue weighted by Crippen LogP contribution is 2.29. The average Bonchev–Trinajstić information content (AvgIpc) is 3.03. The Morgan fingerprint density at radius 1 is 0.800 bits per heavy atom. The molecule has 0 radical (unpaired) electrons. The summed E-state index contributed by atoms with van der Waals surface area (Å²) >= 11 is 0. The summed E-state index contributed by atoms with van der Waals surface area (Å²) in [4.78, 5) is 0. The van der Waals surface area contributed by atoms with Gasteiger partial charge in [0.15, 0.2) is 0 Å². The van der Waals surface area contributed by atoms with E-state index in [-0.39, 0.29) is 0 Å². The first-order valence-corrected chi connectivity index (χ1v) is 7.75. The highest BCUT2D eigenvalue weighted by atomic mass is 14.1. The predicted molar refractivity (Wildman–Crippen MR) is 87.7 cm³/mol. The van der Waals surface area contributed by atoms with Gasteiger partial charge in [-0.2, -0.15) is 0 Å². The van der Waals surface area contributed by atoms with Crippen molar-refractivity contribution in [1.29, 1.82) is 0 Å². The number of aryl methyl sites for hydroxylation is 1. The van der Waals surface area contributed by atoms with Crippen LogP contribution in [0.5, 0.6) is 0 Å². The van der Waals surface area contributed by atoms with Crippen LogP contribution in [0.4, 0.5) is 0 Å². The fourth-order valence-corrected chi connectivity index (χ4v) is 2.96. The number of allylic oxidation sites excluding steroid dienone is 2. The van der Waals surface area contributed by atoms with Crippen molar-refractivity contribution in [1.82, 2.24) is 0 Å². The zero-order chi connectivity index (χ0) is 13.8. The molecule has 0 aliphatic heterocycles. The summed E-state index contributed by atoms with van der Waals surface area (Å²) in [6.07, 6.45) is 8.57. The van der Waals surface area contributed by atoms with Gasteiger partial charge in [-0.05, 0) is 53.5 Å². The lowest BCUT2D eigenvalue weighted by Gasteiger charge is -2.06. The topological polar surface area (TPSA) is 0 Å². The minimum absolute atomic E-state index is 1.17. The molecule has 1 aliphatic rings. The Bertz CT molecular complexity index is 585. The lowest BCUT2D eigenvalue weighted by Crippen LogP contribution is -1.85. The van der Waals surface area contributed by atoms with Gasteiger partial charge in [-0.15, -0.1) is 0 Å². The summed E-state index contributed by atoms with van der Waals surface area (Å²) in [5.74, 6) is 0. The third-order valence-electron chi connectivity index (χ3n) is 4.12. The Balaban J connectivity index is 1.80. The maximum Gasteiger partial charge on any atom is -0.0184 e. The van der Waals surface area contributed by atoms with E-state index in [2.05, 4.69) is 61.5 Å². The summed E-state index contributed by atoms with van der Waals surface area (Å²) in [6, 6.07) is 18.0. The van der Waals surface area contributed by atoms with Crippen molar-refractivity contribution in [2.24, 2.45) is 0 Å². The van der Waals surface area contributed by atoms with E-state index in [9.17, 15) is 0 Å². The van der Waals surface area contributed by atoms with E-state index >= 15 is 0 Å². The van der Waals surface area contributed by atoms with Gasteiger partial charge in [0.05, 0.1) is 0 Å². The van der Waals surface area contributed by atoms with Crippen LogP contribution in [0.15, 0.2) is 54.6 Å². The number of benzene rings is 2. The van der Waals surface area contributed by atoms with Crippen molar-refractivity contribution in [2.45, 2.75) is 39.0 Å². The Hall–Kier alpha value is -1.82. The maximum atomic E-state index is 2.38. The summed E-state index contributed by atoms with van der Waals surface area (Å²) in [5, 5.41) is 0. The Morgan fingerprint density at radius 2 is 1.40 bits per heavy atom. The summed E-state index contributed by atoms with van der Waals surface area (Å²) in [7, 11) is 0. The molecule has 1 aliphatic carbocycles. The molecule has 0 saturated heterocycles. The molecule has 2 aromatic rings. The predicted octanol–water partition coefficient (Wildman–Crippen LogP) is 5.87. The second-order valence-electron chi connectivity index (χ2n) is 5.65. The van der Waals surface area contributed by atoms with Gasteiger partial charge in [0.1, 0.15) is 0 Å². The SMILES string of the molecule is CCCc1ccc(-c2ccc(C3=CCCC3)cc2)cc1. The van der Waals surface area contributed by atoms with Crippen molar-refractivity contribution in [3.63, 3.8) is 0 Å². The second kappa shape index (κ2) is 6.09. The highest BCUT2D eigenvalue weighted by Gasteiger charge is 2.07. The first-order chi connectivity index (χ1) is 9.86. The molecule has 0 N–H and O–H groups in total. The van der Waals surface area contributed by atoms with E-state index in [4.69, 9.17) is 0 Å². The largest absolute Gasteiger partial charge is 0.0807 e. The molecule has 0 aromatic heterocycles. The quantitative estimate of drug-likeness (QED) is 0.646. The van der Waals surface area contributed by atoms with Gasteiger partial charge in [-0.3, -0.25) is 0 Å². The van der Waals surface area contributed by atoms with Crippen LogP contribution in [0.3, 0.4) is 0 Å². The standard InChI is InChI=1S/C20H22/c1-2-5-16-8-10-18(11-9-16)20-14-12-19(13-15-20)17-6-3-4-7-17/h6,8-15H,2-5,7H2,1H3. The van der Waals surface area contributed by atoms with Gasteiger partial charge < -0.3 is 0 Å². The fourth-order valence-electron chi connectivity index (χ4n) is 2.96. The number of hydrogen-bond donors (Lipinski definition) is 0. The van der Waals surface area contributed by atoms with Gasteiger partial charge in [-0.1, -0.05) is 68.0 Å². The van der Waals surface area contributed by atoms with Crippen molar-refractivity contribution in [2.75, 3.05) is 0 Å². The molecule has 0 heterocycles. The number of rotatable bonds is 4. The van der Waals surface area contributed by atoms with Gasteiger partial charge in [0.25, 0.3) is 0 Å². The minimum Gasteiger partial charge on any atom is -0.0807 e. The molecular weight excluding hydrogens is 240 g/mol. The number of hydrogen-bond acceptors (Lipinski definition) is 0. The third-order valence-corrected chi connectivity index (χ3v) is 4.12. The lowest BCUT2D eigenvalue weighted by molar-refractivity contribution is 0.922. The van der Waals surface area contributed by atoms with Crippen molar-refractivity contribution in [3.8, 4) is 11.1 Å². The molecule has 0 fully saturated rings. The first kappa shape index (κ1) is 13.2. The Labute approximate surface area is 122 Å². The van der Waals surface area contributed by atoms with Crippen molar-refractivity contribution in [3.05, 3.63) is 65.7 Å². The average molecular weight is 262 g/mol. The monoisotopic (exact) mass is 262 g/mol. The molecule has 0 heteroatoms. The van der Waals surface area contributed by atoms with Crippen LogP contribution in [0.2, 0.25) is 0 Å². The Morgan fingerprint density at radius 3 is 1.95 bits per heavy atom. The minimum atomic E-state index is 1.17. The van der Waals surface area contributed by atoms with Crippen LogP contribution in [-0.2, 0) is 6.42 Å². The van der Waals surface area contributed by atoms with Crippen molar-refractivity contribution >= 4 is 5.57 Å². The van der Waals surface area contributed by atoms with Crippen LogP contribution < -0.4 is 0 Å². The maximum absolute atomic E-state index is 2.38. The smallest absolute Gasteiger partial charge is 0.0184 e. The molecule has 3 rings (SSSR count). The molecule has 0 bridgehead atoms. The normalized spacial score (nSPS) is 14.3. The summed E-state index contributed by atoms with van der Waals surface area (Å²) in [6.45, 7) is 2.23. The molecule has 20 heavy (non-hydrogen) atoms. The molecule has 2 aromatic carbocycles. The highest BCUT2D eigenvalue weighted by molar-refractivity contribution is 5.71.